The fourth-order valence-corrected chi connectivity index (χ4v) is 7.29. The molecule has 38 heavy (non-hydrogen) atoms. The minimum Gasteiger partial charge on any atom is -0.494 e. The molecule has 206 valence electrons. The van der Waals surface area contributed by atoms with Crippen LogP contribution in [0.4, 0.5) is 0 Å². The van der Waals surface area contributed by atoms with E-state index in [1.165, 1.54) is 32.1 Å². The molecule has 1 aromatic carbocycles. The van der Waals surface area contributed by atoms with Crippen LogP contribution in [-0.2, 0) is 22.7 Å². The van der Waals surface area contributed by atoms with Gasteiger partial charge in [-0.3, -0.25) is 14.5 Å². The number of hydrogen-bond acceptors (Lipinski definition) is 5. The third-order valence-corrected chi connectivity index (χ3v) is 9.78. The van der Waals surface area contributed by atoms with E-state index in [0.29, 0.717) is 43.5 Å². The van der Waals surface area contributed by atoms with Crippen molar-refractivity contribution in [3.05, 3.63) is 51.2 Å². The minimum absolute atomic E-state index is 0.0320. The third-order valence-electron chi connectivity index (χ3n) is 8.57. The molecule has 1 spiro atoms. The lowest BCUT2D eigenvalue weighted by atomic mass is 9.79. The molecular weight excluding hydrogens is 518 g/mol. The first-order chi connectivity index (χ1) is 18.5. The third kappa shape index (κ3) is 6.05. The number of ether oxygens (including phenoxy) is 1. The number of piperazine rings is 1. The summed E-state index contributed by atoms with van der Waals surface area (Å²) in [5.41, 5.74) is 0.265. The molecule has 1 N–H and O–H groups in total. The van der Waals surface area contributed by atoms with Crippen molar-refractivity contribution in [2.24, 2.45) is 5.92 Å². The highest BCUT2D eigenvalue weighted by Crippen LogP contribution is 2.38. The second-order valence-corrected chi connectivity index (χ2v) is 12.6. The van der Waals surface area contributed by atoms with Crippen molar-refractivity contribution >= 4 is 34.8 Å². The highest BCUT2D eigenvalue weighted by atomic mass is 35.5. The molecule has 2 aliphatic heterocycles. The van der Waals surface area contributed by atoms with Crippen LogP contribution in [0.5, 0.6) is 5.75 Å². The fraction of sp³-hybridized carbons (Fsp3) is 0.600. The summed E-state index contributed by atoms with van der Waals surface area (Å²) in [7, 11) is 0. The monoisotopic (exact) mass is 557 g/mol. The summed E-state index contributed by atoms with van der Waals surface area (Å²) < 4.78 is 5.71. The Morgan fingerprint density at radius 3 is 2.58 bits per heavy atom. The molecule has 3 heterocycles. The van der Waals surface area contributed by atoms with Gasteiger partial charge in [0, 0.05) is 29.5 Å². The lowest BCUT2D eigenvalue weighted by Crippen LogP contribution is -2.72. The number of nitrogens with one attached hydrogen (secondary N) is 1. The Labute approximate surface area is 235 Å². The van der Waals surface area contributed by atoms with E-state index >= 15 is 0 Å². The van der Waals surface area contributed by atoms with Gasteiger partial charge < -0.3 is 15.0 Å². The first-order valence-corrected chi connectivity index (χ1v) is 15.5. The molecular formula is C30H40ClN3O3S. The molecule has 3 fully saturated rings. The number of nitrogens with zero attached hydrogens (tertiary/aromatic N) is 2. The van der Waals surface area contributed by atoms with Crippen LogP contribution in [-0.4, -0.2) is 52.9 Å². The Hall–Kier alpha value is -2.09. The van der Waals surface area contributed by atoms with Crippen molar-refractivity contribution in [3.63, 3.8) is 0 Å². The number of benzene rings is 1. The van der Waals surface area contributed by atoms with E-state index in [-0.39, 0.29) is 11.8 Å². The van der Waals surface area contributed by atoms with Gasteiger partial charge in [-0.15, -0.1) is 11.3 Å². The molecule has 2 aromatic rings. The smallest absolute Gasteiger partial charge is 0.246 e. The molecule has 0 radical (unpaired) electrons. The van der Waals surface area contributed by atoms with Crippen LogP contribution in [0.25, 0.3) is 0 Å². The predicted molar refractivity (Wildman–Crippen MR) is 152 cm³/mol. The average molecular weight is 558 g/mol. The maximum absolute atomic E-state index is 13.9. The van der Waals surface area contributed by atoms with E-state index in [1.54, 1.807) is 11.3 Å². The van der Waals surface area contributed by atoms with Gasteiger partial charge in [-0.25, -0.2) is 0 Å². The summed E-state index contributed by atoms with van der Waals surface area (Å²) in [5.74, 6) is 1.45. The fourth-order valence-electron chi connectivity index (χ4n) is 6.36. The van der Waals surface area contributed by atoms with Gasteiger partial charge in [-0.1, -0.05) is 62.8 Å². The average Bonchev–Trinajstić information content (AvgIpc) is 3.45. The number of thiophene rings is 1. The number of hydrogen-bond donors (Lipinski definition) is 1. The second kappa shape index (κ2) is 12.4. The van der Waals surface area contributed by atoms with Crippen molar-refractivity contribution in [3.8, 4) is 5.75 Å². The molecule has 1 saturated carbocycles. The molecule has 1 aliphatic carbocycles. The van der Waals surface area contributed by atoms with Crippen LogP contribution >= 0.6 is 22.9 Å². The Kier molecular flexibility index (Phi) is 8.96. The predicted octanol–water partition coefficient (Wildman–Crippen LogP) is 6.02. The van der Waals surface area contributed by atoms with Crippen LogP contribution in [0.2, 0.25) is 5.02 Å². The number of amides is 2. The summed E-state index contributed by atoms with van der Waals surface area (Å²) in [6, 6.07) is 9.59. The Bertz CT molecular complexity index is 1090. The topological polar surface area (TPSA) is 61.9 Å². The zero-order chi connectivity index (χ0) is 26.5. The van der Waals surface area contributed by atoms with E-state index < -0.39 is 11.6 Å². The Morgan fingerprint density at radius 1 is 1.11 bits per heavy atom. The van der Waals surface area contributed by atoms with Crippen LogP contribution in [0.3, 0.4) is 0 Å². The first-order valence-electron chi connectivity index (χ1n) is 14.3. The maximum atomic E-state index is 13.9. The molecule has 8 heteroatoms. The molecule has 1 unspecified atom stereocenters. The highest BCUT2D eigenvalue weighted by molar-refractivity contribution is 7.09. The van der Waals surface area contributed by atoms with Crippen LogP contribution in [0.15, 0.2) is 35.7 Å². The van der Waals surface area contributed by atoms with E-state index in [1.807, 2.05) is 34.5 Å². The molecule has 2 amide bonds. The van der Waals surface area contributed by atoms with Crippen LogP contribution in [0, 0.1) is 5.92 Å². The van der Waals surface area contributed by atoms with Gasteiger partial charge in [-0.05, 0) is 60.7 Å². The summed E-state index contributed by atoms with van der Waals surface area (Å²) in [6.07, 6.45) is 9.06. The molecule has 1 atom stereocenters. The van der Waals surface area contributed by atoms with Gasteiger partial charge >= 0.3 is 0 Å². The SMILES string of the molecule is CCCOc1ccc(CN2CCC3(CC2)C(=O)NC(CC2CCCCC2)C(=O)N3Cc2cccs2)c(Cl)c1. The molecule has 1 aromatic heterocycles. The quantitative estimate of drug-likeness (QED) is 0.409. The molecule has 2 saturated heterocycles. The molecule has 5 rings (SSSR count). The first kappa shape index (κ1) is 27.5. The Balaban J connectivity index is 1.28. The van der Waals surface area contributed by atoms with Gasteiger partial charge in [0.1, 0.15) is 17.3 Å². The van der Waals surface area contributed by atoms with Gasteiger partial charge in [0.05, 0.1) is 13.2 Å². The standard InChI is InChI=1S/C30H40ClN3O3S/c1-2-16-37-24-11-10-23(26(31)19-24)20-33-14-12-30(13-15-33)29(36)32-27(18-22-7-4-3-5-8-22)28(35)34(30)21-25-9-6-17-38-25/h6,9-11,17,19,22,27H,2-5,7-8,12-16,18,20-21H2,1H3,(H,32,36). The minimum atomic E-state index is -0.789. The van der Waals surface area contributed by atoms with Crippen molar-refractivity contribution in [2.75, 3.05) is 19.7 Å². The summed E-state index contributed by atoms with van der Waals surface area (Å²) >= 11 is 8.24. The number of halogens is 1. The van der Waals surface area contributed by atoms with Gasteiger partial charge in [0.2, 0.25) is 11.8 Å². The van der Waals surface area contributed by atoms with Crippen molar-refractivity contribution < 1.29 is 14.3 Å². The number of piperidine rings is 1. The van der Waals surface area contributed by atoms with Crippen LogP contribution in [0.1, 0.15) is 75.2 Å². The van der Waals surface area contributed by atoms with Gasteiger partial charge in [0.15, 0.2) is 0 Å². The number of carbonyl (C=O) groups is 2. The van der Waals surface area contributed by atoms with E-state index in [4.69, 9.17) is 16.3 Å². The van der Waals surface area contributed by atoms with E-state index in [2.05, 4.69) is 23.2 Å². The maximum Gasteiger partial charge on any atom is 0.246 e. The summed E-state index contributed by atoms with van der Waals surface area (Å²) in [5, 5.41) is 5.95. The number of carbonyl (C=O) groups excluding carboxylic acids is 2. The molecule has 6 nitrogen and oxygen atoms in total. The van der Waals surface area contributed by atoms with E-state index in [9.17, 15) is 9.59 Å². The second-order valence-electron chi connectivity index (χ2n) is 11.2. The largest absolute Gasteiger partial charge is 0.494 e. The zero-order valence-electron chi connectivity index (χ0n) is 22.4. The normalized spacial score (nSPS) is 22.6. The van der Waals surface area contributed by atoms with Crippen molar-refractivity contribution in [1.82, 2.24) is 15.1 Å². The van der Waals surface area contributed by atoms with Crippen LogP contribution < -0.4 is 10.1 Å². The number of likely N-dealkylation sites (tertiary alicyclic amines) is 1. The molecule has 3 aliphatic rings. The Morgan fingerprint density at radius 2 is 1.89 bits per heavy atom. The van der Waals surface area contributed by atoms with Crippen molar-refractivity contribution in [2.45, 2.75) is 89.4 Å². The lowest BCUT2D eigenvalue weighted by molar-refractivity contribution is -0.162. The lowest BCUT2D eigenvalue weighted by Gasteiger charge is -2.52. The zero-order valence-corrected chi connectivity index (χ0v) is 24.0. The van der Waals surface area contributed by atoms with Gasteiger partial charge in [0.25, 0.3) is 0 Å². The number of rotatable bonds is 9. The van der Waals surface area contributed by atoms with Crippen molar-refractivity contribution in [1.29, 1.82) is 0 Å². The highest BCUT2D eigenvalue weighted by Gasteiger charge is 2.53. The molecule has 0 bridgehead atoms. The van der Waals surface area contributed by atoms with E-state index in [0.717, 1.165) is 42.1 Å². The summed E-state index contributed by atoms with van der Waals surface area (Å²) in [6.45, 7) is 5.45. The summed E-state index contributed by atoms with van der Waals surface area (Å²) in [4.78, 5) is 33.1. The van der Waals surface area contributed by atoms with Gasteiger partial charge in [-0.2, -0.15) is 0 Å².